The number of nitrogens with two attached hydrogens (primary N) is 2. The van der Waals surface area contributed by atoms with Gasteiger partial charge < -0.3 is 37.2 Å². The molecule has 0 spiro atoms. The predicted octanol–water partition coefficient (Wildman–Crippen LogP) is 3.43. The summed E-state index contributed by atoms with van der Waals surface area (Å²) in [6, 6.07) is 10.9. The van der Waals surface area contributed by atoms with Crippen molar-refractivity contribution in [3.8, 4) is 11.1 Å². The van der Waals surface area contributed by atoms with E-state index in [9.17, 15) is 18.8 Å². The van der Waals surface area contributed by atoms with E-state index < -0.39 is 11.7 Å². The van der Waals surface area contributed by atoms with E-state index in [4.69, 9.17) is 16.6 Å². The van der Waals surface area contributed by atoms with Gasteiger partial charge in [-0.3, -0.25) is 24.0 Å². The van der Waals surface area contributed by atoms with Crippen molar-refractivity contribution >= 4 is 29.5 Å². The van der Waals surface area contributed by atoms with Crippen molar-refractivity contribution in [2.75, 3.05) is 51.5 Å². The fourth-order valence-electron chi connectivity index (χ4n) is 6.51. The molecular weight excluding hydrogens is 663 g/mol. The van der Waals surface area contributed by atoms with Gasteiger partial charge in [-0.1, -0.05) is 24.3 Å². The van der Waals surface area contributed by atoms with Crippen LogP contribution in [0.25, 0.3) is 11.1 Å². The lowest BCUT2D eigenvalue weighted by Crippen LogP contribution is -2.48. The van der Waals surface area contributed by atoms with E-state index in [0.29, 0.717) is 37.2 Å². The average Bonchev–Trinajstić information content (AvgIpc) is 4.03. The third-order valence-electron chi connectivity index (χ3n) is 9.64. The highest BCUT2D eigenvalue weighted by molar-refractivity contribution is 5.96. The minimum absolute atomic E-state index is 0.0320. The van der Waals surface area contributed by atoms with Gasteiger partial charge in [-0.25, -0.2) is 4.39 Å². The summed E-state index contributed by atoms with van der Waals surface area (Å²) in [4.78, 5) is 42.9. The predicted molar refractivity (Wildman–Crippen MR) is 199 cm³/mol. The van der Waals surface area contributed by atoms with Crippen LogP contribution in [-0.4, -0.2) is 85.0 Å². The summed E-state index contributed by atoms with van der Waals surface area (Å²) >= 11 is 0. The van der Waals surface area contributed by atoms with Gasteiger partial charge in [0, 0.05) is 61.4 Å². The van der Waals surface area contributed by atoms with E-state index in [-0.39, 0.29) is 52.7 Å². The molecule has 2 aliphatic carbocycles. The van der Waals surface area contributed by atoms with Crippen LogP contribution in [0.15, 0.2) is 65.9 Å². The smallest absolute Gasteiger partial charge is 0.269 e. The number of amides is 2. The summed E-state index contributed by atoms with van der Waals surface area (Å²) < 4.78 is 16.7. The molecule has 276 valence electrons. The van der Waals surface area contributed by atoms with E-state index in [0.717, 1.165) is 48.2 Å². The van der Waals surface area contributed by atoms with Gasteiger partial charge in [0.2, 0.25) is 5.91 Å². The van der Waals surface area contributed by atoms with Gasteiger partial charge in [-0.15, -0.1) is 0 Å². The molecule has 2 aliphatic heterocycles. The van der Waals surface area contributed by atoms with Crippen molar-refractivity contribution < 1.29 is 18.8 Å². The van der Waals surface area contributed by atoms with Gasteiger partial charge in [0.1, 0.15) is 17.3 Å². The van der Waals surface area contributed by atoms with Crippen molar-refractivity contribution in [2.24, 2.45) is 17.4 Å². The van der Waals surface area contributed by atoms with Crippen molar-refractivity contribution in [1.29, 1.82) is 0 Å². The Bertz CT molecular complexity index is 1900. The summed E-state index contributed by atoms with van der Waals surface area (Å²) in [6.45, 7) is 3.94. The lowest BCUT2D eigenvalue weighted by atomic mass is 9.93. The lowest BCUT2D eigenvalue weighted by Gasteiger charge is -2.42. The molecule has 1 aromatic heterocycles. The van der Waals surface area contributed by atoms with E-state index in [2.05, 4.69) is 37.4 Å². The number of anilines is 2. The number of benzene rings is 2. The first-order valence-corrected chi connectivity index (χ1v) is 17.7. The van der Waals surface area contributed by atoms with Gasteiger partial charge >= 0.3 is 0 Å². The maximum atomic E-state index is 14.7. The van der Waals surface area contributed by atoms with Gasteiger partial charge in [0.05, 0.1) is 46.6 Å². The molecule has 7 rings (SSSR count). The molecule has 13 nitrogen and oxygen atoms in total. The van der Waals surface area contributed by atoms with Gasteiger partial charge in [-0.2, -0.15) is 5.10 Å². The summed E-state index contributed by atoms with van der Waals surface area (Å²) in [5.74, 6) is -0.950. The van der Waals surface area contributed by atoms with Crippen LogP contribution in [0.5, 0.6) is 0 Å². The summed E-state index contributed by atoms with van der Waals surface area (Å²) in [5, 5.41) is 13.8. The van der Waals surface area contributed by atoms with Gasteiger partial charge in [0.25, 0.3) is 5.91 Å². The van der Waals surface area contributed by atoms with Crippen LogP contribution >= 0.6 is 0 Å². The van der Waals surface area contributed by atoms with Gasteiger partial charge in [0.15, 0.2) is 6.29 Å². The fourth-order valence-corrected chi connectivity index (χ4v) is 6.51. The number of nitrogens with one attached hydrogen (secondary N) is 3. The number of allylic oxidation sites excluding steroid dienone is 1. The number of hydrogen-bond acceptors (Lipinski definition) is 10. The van der Waals surface area contributed by atoms with Crippen molar-refractivity contribution in [1.82, 2.24) is 30.2 Å². The SMILES string of the molecule is CC1c2c(cnn2C2CN(Cc3cccc(C=O)c3F)C2)-c2cccc(NC(/C=C(\N)NC(=O)C3CC3)=C(/N)C(=O)NC3CC3)c2N1C.CN(C)C. The Labute approximate surface area is 303 Å². The molecule has 2 aromatic carbocycles. The second kappa shape index (κ2) is 15.2. The van der Waals surface area contributed by atoms with Crippen LogP contribution in [0.1, 0.15) is 66.3 Å². The molecule has 14 heteroatoms. The molecule has 2 saturated carbocycles. The van der Waals surface area contributed by atoms with Crippen LogP contribution in [0, 0.1) is 11.7 Å². The quantitative estimate of drug-likeness (QED) is 0.113. The number of fused-ring (bicyclic) bond motifs is 3. The molecule has 0 bridgehead atoms. The molecule has 1 unspecified atom stereocenters. The summed E-state index contributed by atoms with van der Waals surface area (Å²) in [5.41, 5.74) is 18.1. The van der Waals surface area contributed by atoms with E-state index in [1.165, 1.54) is 12.1 Å². The minimum atomic E-state index is -0.465. The Morgan fingerprint density at radius 2 is 1.73 bits per heavy atom. The second-order valence-electron chi connectivity index (χ2n) is 14.6. The normalized spacial score (nSPS) is 19.0. The van der Waals surface area contributed by atoms with E-state index >= 15 is 0 Å². The molecule has 4 aliphatic rings. The Morgan fingerprint density at radius 3 is 2.38 bits per heavy atom. The highest BCUT2D eigenvalue weighted by atomic mass is 19.1. The molecule has 1 saturated heterocycles. The number of halogens is 1. The van der Waals surface area contributed by atoms with Crippen LogP contribution in [0.3, 0.4) is 0 Å². The number of para-hydroxylation sites is 1. The molecule has 2 amide bonds. The Hall–Kier alpha value is -5.21. The Morgan fingerprint density at radius 1 is 1.04 bits per heavy atom. The maximum Gasteiger partial charge on any atom is 0.269 e. The number of nitrogens with zero attached hydrogens (tertiary/aromatic N) is 5. The molecule has 52 heavy (non-hydrogen) atoms. The Balaban J connectivity index is 0.00000110. The summed E-state index contributed by atoms with van der Waals surface area (Å²) in [7, 11) is 8.01. The van der Waals surface area contributed by atoms with Crippen molar-refractivity contribution in [3.63, 3.8) is 0 Å². The molecule has 0 radical (unpaired) electrons. The molecule has 3 fully saturated rings. The zero-order valence-corrected chi connectivity index (χ0v) is 30.4. The number of likely N-dealkylation sites (tertiary alicyclic amines) is 1. The highest BCUT2D eigenvalue weighted by Crippen LogP contribution is 2.48. The fraction of sp³-hybridized carbons (Fsp3) is 0.421. The standard InChI is InChI=1S/C35H40FN9O3.C3H9N/c1-19-32-26(14-39-45(32)24-16-44(17-24)15-21-5-3-6-22(18-46)30(21)36)25-7-4-8-27(33(25)43(19)2)41-28(31(38)35(48)40-23-11-12-23)13-29(37)42-34(47)20-9-10-20;1-4(2)3/h3-8,13-14,18-20,23-24,41H,9-12,15-17,37-38H2,1-2H3,(H,40,48)(H,42,47);1-3H3/b29-13+,31-28+;. The van der Waals surface area contributed by atoms with Gasteiger partial charge in [-0.05, 0) is 65.9 Å². The van der Waals surface area contributed by atoms with Crippen LogP contribution in [0.2, 0.25) is 0 Å². The number of rotatable bonds is 11. The zero-order chi connectivity index (χ0) is 37.3. The number of hydrogen-bond donors (Lipinski definition) is 5. The topological polar surface area (TPSA) is 167 Å². The average molecular weight is 713 g/mol. The molecule has 1 atom stereocenters. The second-order valence-corrected chi connectivity index (χ2v) is 14.6. The molecule has 3 aromatic rings. The number of carbonyl (C=O) groups is 3. The van der Waals surface area contributed by atoms with Crippen LogP contribution in [0.4, 0.5) is 15.8 Å². The first-order chi connectivity index (χ1) is 24.9. The third kappa shape index (κ3) is 7.97. The largest absolute Gasteiger partial charge is 0.393 e. The van der Waals surface area contributed by atoms with Crippen LogP contribution in [-0.2, 0) is 16.1 Å². The number of aldehydes is 1. The zero-order valence-electron chi connectivity index (χ0n) is 30.4. The third-order valence-corrected chi connectivity index (χ3v) is 9.64. The van der Waals surface area contributed by atoms with E-state index in [1.807, 2.05) is 57.5 Å². The number of carbonyl (C=O) groups excluding carboxylic acids is 3. The maximum absolute atomic E-state index is 14.7. The number of aromatic nitrogens is 2. The summed E-state index contributed by atoms with van der Waals surface area (Å²) in [6.07, 6.45) is 7.42. The molecular formula is C38H49FN10O3. The monoisotopic (exact) mass is 712 g/mol. The van der Waals surface area contributed by atoms with Crippen molar-refractivity contribution in [3.05, 3.63) is 88.5 Å². The van der Waals surface area contributed by atoms with E-state index in [1.54, 1.807) is 12.1 Å². The lowest BCUT2D eigenvalue weighted by molar-refractivity contribution is -0.121. The molecule has 7 N–H and O–H groups in total. The highest BCUT2D eigenvalue weighted by Gasteiger charge is 2.37. The van der Waals surface area contributed by atoms with Crippen LogP contribution < -0.4 is 32.3 Å². The first-order valence-electron chi connectivity index (χ1n) is 17.7. The first kappa shape index (κ1) is 36.6. The minimum Gasteiger partial charge on any atom is -0.393 e. The molecule has 3 heterocycles. The van der Waals surface area contributed by atoms with Crippen molar-refractivity contribution in [2.45, 2.75) is 57.3 Å². The Kier molecular flexibility index (Phi) is 10.7.